The highest BCUT2D eigenvalue weighted by Gasteiger charge is 2.55. The van der Waals surface area contributed by atoms with Crippen molar-refractivity contribution in [1.82, 2.24) is 9.47 Å². The number of amides is 1. The van der Waals surface area contributed by atoms with Crippen molar-refractivity contribution in [3.05, 3.63) is 34.8 Å². The number of hydrogen-bond acceptors (Lipinski definition) is 3. The van der Waals surface area contributed by atoms with Crippen LogP contribution in [0.1, 0.15) is 57.4 Å². The molecule has 4 saturated carbocycles. The Bertz CT molecular complexity index is 944. The average Bonchev–Trinajstić information content (AvgIpc) is 3.02. The Kier molecular flexibility index (Phi) is 3.60. The Labute approximate surface area is 164 Å². The van der Waals surface area contributed by atoms with Crippen LogP contribution < -0.4 is 5.76 Å². The van der Waals surface area contributed by atoms with Gasteiger partial charge in [-0.2, -0.15) is 0 Å². The van der Waals surface area contributed by atoms with Crippen LogP contribution in [0.4, 0.5) is 0 Å². The van der Waals surface area contributed by atoms with Gasteiger partial charge in [0.05, 0.1) is 10.9 Å². The van der Waals surface area contributed by atoms with Crippen molar-refractivity contribution in [2.75, 3.05) is 13.1 Å². The van der Waals surface area contributed by atoms with Crippen molar-refractivity contribution in [2.24, 2.45) is 23.2 Å². The second-order valence-corrected chi connectivity index (χ2v) is 9.93. The molecule has 4 aliphatic carbocycles. The number of fused-ring (bicyclic) bond motifs is 1. The van der Waals surface area contributed by atoms with Gasteiger partial charge in [0.1, 0.15) is 0 Å². The first kappa shape index (κ1) is 16.9. The molecular weight excluding hydrogens is 352 g/mol. The number of benzene rings is 1. The van der Waals surface area contributed by atoms with Gasteiger partial charge in [0.15, 0.2) is 5.58 Å². The summed E-state index contributed by atoms with van der Waals surface area (Å²) in [6, 6.07) is 7.75. The molecule has 2 aromatic rings. The number of carbonyl (C=O) groups excluding carboxylic acids is 1. The Balaban J connectivity index is 1.20. The van der Waals surface area contributed by atoms with Gasteiger partial charge < -0.3 is 9.32 Å². The Morgan fingerprint density at radius 3 is 2.21 bits per heavy atom. The van der Waals surface area contributed by atoms with Crippen LogP contribution in [0.2, 0.25) is 0 Å². The van der Waals surface area contributed by atoms with Crippen LogP contribution in [0.3, 0.4) is 0 Å². The predicted octanol–water partition coefficient (Wildman–Crippen LogP) is 3.97. The molecule has 1 aromatic carbocycles. The van der Waals surface area contributed by atoms with Crippen molar-refractivity contribution in [1.29, 1.82) is 0 Å². The van der Waals surface area contributed by atoms with Crippen LogP contribution in [0.5, 0.6) is 0 Å². The topological polar surface area (TPSA) is 55.5 Å². The minimum absolute atomic E-state index is 0.0548. The molecule has 1 amide bonds. The molecule has 5 aliphatic rings. The van der Waals surface area contributed by atoms with Crippen LogP contribution in [-0.4, -0.2) is 28.5 Å². The van der Waals surface area contributed by atoms with E-state index in [2.05, 4.69) is 4.90 Å². The number of carbonyl (C=O) groups is 1. The van der Waals surface area contributed by atoms with E-state index in [1.54, 1.807) is 0 Å². The van der Waals surface area contributed by atoms with Crippen LogP contribution >= 0.6 is 0 Å². The molecule has 4 bridgehead atoms. The standard InChI is InChI=1S/C23H28N2O3/c26-21(23-12-15-9-16(13-23)11-17(10-15)14-23)24-7-5-18(6-8-24)25-19-3-1-2-4-20(19)28-22(25)27/h1-4,15-18H,5-14H2. The molecule has 0 atom stereocenters. The second kappa shape index (κ2) is 5.98. The number of para-hydroxylation sites is 2. The number of rotatable bonds is 2. The van der Waals surface area contributed by atoms with Gasteiger partial charge in [0.25, 0.3) is 0 Å². The van der Waals surface area contributed by atoms with E-state index >= 15 is 0 Å². The molecule has 5 nitrogen and oxygen atoms in total. The van der Waals surface area contributed by atoms with Gasteiger partial charge in [-0.25, -0.2) is 4.79 Å². The van der Waals surface area contributed by atoms with E-state index in [1.807, 2.05) is 28.8 Å². The molecule has 7 rings (SSSR count). The van der Waals surface area contributed by atoms with E-state index in [0.29, 0.717) is 11.5 Å². The molecular formula is C23H28N2O3. The van der Waals surface area contributed by atoms with Gasteiger partial charge >= 0.3 is 5.76 Å². The molecule has 0 unspecified atom stereocenters. The fraction of sp³-hybridized carbons (Fsp3) is 0.652. The third-order valence-electron chi connectivity index (χ3n) is 8.13. The predicted molar refractivity (Wildman–Crippen MR) is 106 cm³/mol. The molecule has 5 heteroatoms. The van der Waals surface area contributed by atoms with Crippen molar-refractivity contribution in [2.45, 2.75) is 57.4 Å². The van der Waals surface area contributed by atoms with E-state index < -0.39 is 0 Å². The van der Waals surface area contributed by atoms with Crippen molar-refractivity contribution >= 4 is 17.0 Å². The SMILES string of the molecule is O=C(N1CCC(n2c(=O)oc3ccccc32)CC1)C12CC3CC(CC(C3)C1)C2. The average molecular weight is 380 g/mol. The summed E-state index contributed by atoms with van der Waals surface area (Å²) in [5.41, 5.74) is 1.47. The Morgan fingerprint density at radius 2 is 1.57 bits per heavy atom. The minimum Gasteiger partial charge on any atom is -0.408 e. The summed E-state index contributed by atoms with van der Waals surface area (Å²) in [6.07, 6.45) is 9.15. The Hall–Kier alpha value is -2.04. The highest BCUT2D eigenvalue weighted by Crippen LogP contribution is 2.60. The van der Waals surface area contributed by atoms with Gasteiger partial charge in [0, 0.05) is 19.1 Å². The van der Waals surface area contributed by atoms with Crippen molar-refractivity contribution in [3.63, 3.8) is 0 Å². The maximum absolute atomic E-state index is 13.6. The van der Waals surface area contributed by atoms with Gasteiger partial charge in [-0.15, -0.1) is 0 Å². The lowest BCUT2D eigenvalue weighted by Gasteiger charge is -2.57. The highest BCUT2D eigenvalue weighted by atomic mass is 16.4. The van der Waals surface area contributed by atoms with Crippen LogP contribution in [0.15, 0.2) is 33.5 Å². The molecule has 2 heterocycles. The third kappa shape index (κ3) is 2.44. The molecule has 148 valence electrons. The third-order valence-corrected chi connectivity index (χ3v) is 8.13. The summed E-state index contributed by atoms with van der Waals surface area (Å²) in [5.74, 6) is 2.54. The zero-order valence-corrected chi connectivity index (χ0v) is 16.3. The van der Waals surface area contributed by atoms with E-state index in [-0.39, 0.29) is 17.2 Å². The summed E-state index contributed by atoms with van der Waals surface area (Å²) in [6.45, 7) is 1.52. The maximum Gasteiger partial charge on any atom is 0.420 e. The minimum atomic E-state index is -0.271. The molecule has 1 aliphatic heterocycles. The molecule has 5 fully saturated rings. The number of oxazole rings is 1. The number of likely N-dealkylation sites (tertiary alicyclic amines) is 1. The van der Waals surface area contributed by atoms with Gasteiger partial charge in [-0.1, -0.05) is 12.1 Å². The fourth-order valence-corrected chi connectivity index (χ4v) is 7.36. The van der Waals surface area contributed by atoms with E-state index in [9.17, 15) is 9.59 Å². The molecule has 28 heavy (non-hydrogen) atoms. The monoisotopic (exact) mass is 380 g/mol. The van der Waals surface area contributed by atoms with Gasteiger partial charge in [0.2, 0.25) is 5.91 Å². The normalized spacial score (nSPS) is 35.0. The van der Waals surface area contributed by atoms with Crippen LogP contribution in [-0.2, 0) is 4.79 Å². The molecule has 1 saturated heterocycles. The molecule has 0 spiro atoms. The number of hydrogen-bond donors (Lipinski definition) is 0. The lowest BCUT2D eigenvalue weighted by molar-refractivity contribution is -0.159. The van der Waals surface area contributed by atoms with Crippen LogP contribution in [0, 0.1) is 23.2 Å². The summed E-state index contributed by atoms with van der Waals surface area (Å²) >= 11 is 0. The number of piperidine rings is 1. The zero-order valence-electron chi connectivity index (χ0n) is 16.3. The number of nitrogens with zero attached hydrogens (tertiary/aromatic N) is 2. The Morgan fingerprint density at radius 1 is 0.964 bits per heavy atom. The summed E-state index contributed by atoms with van der Waals surface area (Å²) in [7, 11) is 0. The van der Waals surface area contributed by atoms with E-state index in [0.717, 1.165) is 68.5 Å². The molecule has 0 N–H and O–H groups in total. The zero-order chi connectivity index (χ0) is 18.9. The maximum atomic E-state index is 13.6. The quantitative estimate of drug-likeness (QED) is 0.792. The van der Waals surface area contributed by atoms with Crippen molar-refractivity contribution in [3.8, 4) is 0 Å². The summed E-state index contributed by atoms with van der Waals surface area (Å²) < 4.78 is 7.23. The summed E-state index contributed by atoms with van der Waals surface area (Å²) in [5, 5.41) is 0. The lowest BCUT2D eigenvalue weighted by Crippen LogP contribution is -2.55. The van der Waals surface area contributed by atoms with Crippen molar-refractivity contribution < 1.29 is 9.21 Å². The summed E-state index contributed by atoms with van der Waals surface area (Å²) in [4.78, 5) is 28.1. The molecule has 1 aromatic heterocycles. The smallest absolute Gasteiger partial charge is 0.408 e. The van der Waals surface area contributed by atoms with E-state index in [1.165, 1.54) is 19.3 Å². The van der Waals surface area contributed by atoms with Gasteiger partial charge in [-0.3, -0.25) is 9.36 Å². The number of aromatic nitrogens is 1. The fourth-order valence-electron chi connectivity index (χ4n) is 7.36. The largest absolute Gasteiger partial charge is 0.420 e. The second-order valence-electron chi connectivity index (χ2n) is 9.93. The first-order valence-corrected chi connectivity index (χ1v) is 11.0. The van der Waals surface area contributed by atoms with E-state index in [4.69, 9.17) is 4.42 Å². The van der Waals surface area contributed by atoms with Gasteiger partial charge in [-0.05, 0) is 81.3 Å². The highest BCUT2D eigenvalue weighted by molar-refractivity contribution is 5.83. The lowest BCUT2D eigenvalue weighted by atomic mass is 9.49. The first-order chi connectivity index (χ1) is 13.6. The van der Waals surface area contributed by atoms with Crippen LogP contribution in [0.25, 0.3) is 11.1 Å². The first-order valence-electron chi connectivity index (χ1n) is 11.0. The molecule has 0 radical (unpaired) electrons.